The summed E-state index contributed by atoms with van der Waals surface area (Å²) in [6.45, 7) is 5.81. The number of hydrogen-bond donors (Lipinski definition) is 2. The van der Waals surface area contributed by atoms with Crippen molar-refractivity contribution < 1.29 is 19.4 Å². The lowest BCUT2D eigenvalue weighted by Crippen LogP contribution is -2.51. The number of aliphatic hydroxyl groups is 1. The first-order valence-corrected chi connectivity index (χ1v) is 9.71. The van der Waals surface area contributed by atoms with E-state index in [1.807, 2.05) is 0 Å². The molecular weight excluding hydrogens is 370 g/mol. The number of β-amino-alcohol motifs (C(OH)–C–C–N with tert-alkyl or cyclic N) is 1. The number of amides is 1. The van der Waals surface area contributed by atoms with E-state index >= 15 is 0 Å². The number of piperazine rings is 1. The summed E-state index contributed by atoms with van der Waals surface area (Å²) in [5.41, 5.74) is 0. The molecule has 1 saturated heterocycles. The van der Waals surface area contributed by atoms with Crippen LogP contribution in [0.15, 0.2) is 24.3 Å². The van der Waals surface area contributed by atoms with Crippen LogP contribution in [0.1, 0.15) is 6.42 Å². The molecule has 0 saturated carbocycles. The van der Waals surface area contributed by atoms with Crippen molar-refractivity contribution in [3.63, 3.8) is 0 Å². The van der Waals surface area contributed by atoms with Crippen LogP contribution in [-0.2, 0) is 9.53 Å². The molecule has 152 valence electrons. The van der Waals surface area contributed by atoms with E-state index in [0.717, 1.165) is 32.6 Å². The summed E-state index contributed by atoms with van der Waals surface area (Å²) in [6.07, 6.45) is 0.266. The van der Waals surface area contributed by atoms with E-state index in [4.69, 9.17) is 21.1 Å². The zero-order chi connectivity index (χ0) is 19.5. The average molecular weight is 400 g/mol. The van der Waals surface area contributed by atoms with Crippen LogP contribution in [0, 0.1) is 0 Å². The molecule has 1 unspecified atom stereocenters. The highest BCUT2D eigenvalue weighted by atomic mass is 35.5. The Morgan fingerprint density at radius 3 is 2.56 bits per heavy atom. The Morgan fingerprint density at radius 2 is 1.89 bits per heavy atom. The topological polar surface area (TPSA) is 74.3 Å². The highest BCUT2D eigenvalue weighted by molar-refractivity contribution is 6.30. The number of methoxy groups -OCH3 is 1. The second kappa shape index (κ2) is 12.2. The maximum absolute atomic E-state index is 11.9. The second-order valence-electron chi connectivity index (χ2n) is 6.69. The van der Waals surface area contributed by atoms with Gasteiger partial charge < -0.3 is 19.9 Å². The van der Waals surface area contributed by atoms with Crippen molar-refractivity contribution >= 4 is 17.5 Å². The van der Waals surface area contributed by atoms with Crippen LogP contribution in [0.2, 0.25) is 5.02 Å². The van der Waals surface area contributed by atoms with Crippen LogP contribution in [0.3, 0.4) is 0 Å². The molecule has 8 heteroatoms. The Hall–Kier alpha value is -1.38. The number of rotatable bonds is 11. The summed E-state index contributed by atoms with van der Waals surface area (Å²) in [5, 5.41) is 13.8. The number of hydrogen-bond acceptors (Lipinski definition) is 6. The Kier molecular flexibility index (Phi) is 9.86. The van der Waals surface area contributed by atoms with Gasteiger partial charge in [0.05, 0.1) is 6.54 Å². The maximum atomic E-state index is 11.9. The second-order valence-corrected chi connectivity index (χ2v) is 7.13. The van der Waals surface area contributed by atoms with Gasteiger partial charge in [-0.2, -0.15) is 0 Å². The fourth-order valence-corrected chi connectivity index (χ4v) is 3.03. The Morgan fingerprint density at radius 1 is 1.22 bits per heavy atom. The van der Waals surface area contributed by atoms with Gasteiger partial charge in [0.25, 0.3) is 0 Å². The molecule has 1 amide bonds. The van der Waals surface area contributed by atoms with Crippen molar-refractivity contribution in [1.82, 2.24) is 15.1 Å². The summed E-state index contributed by atoms with van der Waals surface area (Å²) in [5.74, 6) is 0.746. The van der Waals surface area contributed by atoms with Crippen molar-refractivity contribution in [3.05, 3.63) is 29.3 Å². The smallest absolute Gasteiger partial charge is 0.234 e. The monoisotopic (exact) mass is 399 g/mol. The van der Waals surface area contributed by atoms with E-state index in [9.17, 15) is 9.90 Å². The molecule has 0 spiro atoms. The van der Waals surface area contributed by atoms with E-state index in [0.29, 0.717) is 37.0 Å². The minimum atomic E-state index is -0.559. The zero-order valence-electron chi connectivity index (χ0n) is 15.9. The molecular formula is C19H30ClN3O4. The Balaban J connectivity index is 1.58. The van der Waals surface area contributed by atoms with E-state index in [1.54, 1.807) is 31.4 Å². The fourth-order valence-electron chi connectivity index (χ4n) is 2.91. The lowest BCUT2D eigenvalue weighted by atomic mass is 10.2. The van der Waals surface area contributed by atoms with Gasteiger partial charge in [-0.1, -0.05) is 11.6 Å². The van der Waals surface area contributed by atoms with Crippen molar-refractivity contribution in [2.24, 2.45) is 0 Å². The molecule has 0 bridgehead atoms. The SMILES string of the molecule is COCCCNC(=O)CN1CCN(CC(O)COc2ccc(Cl)cc2)CC1. The predicted octanol–water partition coefficient (Wildman–Crippen LogP) is 0.850. The standard InChI is InChI=1S/C19H30ClN3O4/c1-26-12-2-7-21-19(25)14-23-10-8-22(9-11-23)13-17(24)15-27-18-5-3-16(20)4-6-18/h3-6,17,24H,2,7-15H2,1H3,(H,21,25). The van der Waals surface area contributed by atoms with Crippen LogP contribution in [0.4, 0.5) is 0 Å². The summed E-state index contributed by atoms with van der Waals surface area (Å²) in [4.78, 5) is 16.2. The van der Waals surface area contributed by atoms with Gasteiger partial charge >= 0.3 is 0 Å². The summed E-state index contributed by atoms with van der Waals surface area (Å²) in [6, 6.07) is 7.09. The number of carbonyl (C=O) groups is 1. The summed E-state index contributed by atoms with van der Waals surface area (Å²) in [7, 11) is 1.65. The first-order chi connectivity index (χ1) is 13.1. The fraction of sp³-hybridized carbons (Fsp3) is 0.632. The summed E-state index contributed by atoms with van der Waals surface area (Å²) < 4.78 is 10.5. The lowest BCUT2D eigenvalue weighted by Gasteiger charge is -2.35. The molecule has 0 aliphatic carbocycles. The average Bonchev–Trinajstić information content (AvgIpc) is 2.66. The van der Waals surface area contributed by atoms with Crippen molar-refractivity contribution in [2.45, 2.75) is 12.5 Å². The van der Waals surface area contributed by atoms with E-state index < -0.39 is 6.10 Å². The first kappa shape index (κ1) is 21.9. The van der Waals surface area contributed by atoms with Crippen LogP contribution in [0.25, 0.3) is 0 Å². The van der Waals surface area contributed by atoms with Gasteiger partial charge in [0.2, 0.25) is 5.91 Å². The number of halogens is 1. The number of benzene rings is 1. The molecule has 1 fully saturated rings. The molecule has 1 heterocycles. The molecule has 2 rings (SSSR count). The van der Waals surface area contributed by atoms with Gasteiger partial charge in [0.15, 0.2) is 0 Å². The van der Waals surface area contributed by atoms with Gasteiger partial charge in [0, 0.05) is 58.0 Å². The molecule has 1 aliphatic rings. The Bertz CT molecular complexity index is 550. The van der Waals surface area contributed by atoms with Gasteiger partial charge in [-0.05, 0) is 30.7 Å². The van der Waals surface area contributed by atoms with Crippen LogP contribution in [0.5, 0.6) is 5.75 Å². The molecule has 27 heavy (non-hydrogen) atoms. The summed E-state index contributed by atoms with van der Waals surface area (Å²) >= 11 is 5.84. The molecule has 2 N–H and O–H groups in total. The number of nitrogens with one attached hydrogen (secondary N) is 1. The third kappa shape index (κ3) is 8.90. The molecule has 1 aromatic rings. The predicted molar refractivity (Wildman–Crippen MR) is 105 cm³/mol. The van der Waals surface area contributed by atoms with E-state index in [-0.39, 0.29) is 12.5 Å². The number of aliphatic hydroxyl groups excluding tert-OH is 1. The maximum Gasteiger partial charge on any atom is 0.234 e. The van der Waals surface area contributed by atoms with Crippen molar-refractivity contribution in [2.75, 3.05) is 66.1 Å². The van der Waals surface area contributed by atoms with Gasteiger partial charge in [-0.15, -0.1) is 0 Å². The highest BCUT2D eigenvalue weighted by Gasteiger charge is 2.20. The largest absolute Gasteiger partial charge is 0.491 e. The molecule has 0 aromatic heterocycles. The van der Waals surface area contributed by atoms with Crippen molar-refractivity contribution in [1.29, 1.82) is 0 Å². The third-order valence-electron chi connectivity index (χ3n) is 4.40. The Labute approximate surface area is 166 Å². The van der Waals surface area contributed by atoms with Crippen LogP contribution in [-0.4, -0.2) is 93.1 Å². The van der Waals surface area contributed by atoms with Gasteiger partial charge in [-0.25, -0.2) is 0 Å². The third-order valence-corrected chi connectivity index (χ3v) is 4.66. The van der Waals surface area contributed by atoms with Gasteiger partial charge in [-0.3, -0.25) is 14.6 Å². The van der Waals surface area contributed by atoms with E-state index in [2.05, 4.69) is 15.1 Å². The minimum Gasteiger partial charge on any atom is -0.491 e. The normalized spacial score (nSPS) is 16.9. The molecule has 7 nitrogen and oxygen atoms in total. The molecule has 1 aliphatic heterocycles. The number of carbonyl (C=O) groups excluding carboxylic acids is 1. The van der Waals surface area contributed by atoms with E-state index in [1.165, 1.54) is 0 Å². The highest BCUT2D eigenvalue weighted by Crippen LogP contribution is 2.15. The molecule has 0 radical (unpaired) electrons. The first-order valence-electron chi connectivity index (χ1n) is 9.33. The number of nitrogens with zero attached hydrogens (tertiary/aromatic N) is 2. The number of ether oxygens (including phenoxy) is 2. The van der Waals surface area contributed by atoms with Crippen LogP contribution < -0.4 is 10.1 Å². The molecule has 1 atom stereocenters. The minimum absolute atomic E-state index is 0.0518. The van der Waals surface area contributed by atoms with Crippen molar-refractivity contribution in [3.8, 4) is 5.75 Å². The van der Waals surface area contributed by atoms with Crippen LogP contribution >= 0.6 is 11.6 Å². The van der Waals surface area contributed by atoms with Gasteiger partial charge in [0.1, 0.15) is 18.5 Å². The zero-order valence-corrected chi connectivity index (χ0v) is 16.7. The quantitative estimate of drug-likeness (QED) is 0.537. The lowest BCUT2D eigenvalue weighted by molar-refractivity contribution is -0.122. The molecule has 1 aromatic carbocycles.